The molecule has 0 unspecified atom stereocenters. The summed E-state index contributed by atoms with van der Waals surface area (Å²) in [7, 11) is 0. The number of rotatable bonds is 2. The standard InChI is InChI=1S/C23H21N3O2.ClH/c27-22-21(17-6-2-3-7-19(17)25-22)20-11-8-15-14-16(9-10-18(15)24-20)23(28)26-12-4-1-5-13-26;/h2-3,6-11,14,25,27H,1,4-5,12-13H2;1H. The van der Waals surface area contributed by atoms with Crippen LogP contribution in [0.15, 0.2) is 54.6 Å². The van der Waals surface area contributed by atoms with E-state index in [1.807, 2.05) is 59.5 Å². The first-order chi connectivity index (χ1) is 13.7. The van der Waals surface area contributed by atoms with E-state index < -0.39 is 0 Å². The topological polar surface area (TPSA) is 69.2 Å². The lowest BCUT2D eigenvalue weighted by Crippen LogP contribution is -2.35. The molecule has 0 atom stereocenters. The van der Waals surface area contributed by atoms with E-state index in [1.165, 1.54) is 6.42 Å². The predicted octanol–water partition coefficient (Wildman–Crippen LogP) is 5.14. The summed E-state index contributed by atoms with van der Waals surface area (Å²) in [5, 5.41) is 12.2. The molecular formula is C23H22ClN3O2. The highest BCUT2D eigenvalue weighted by Crippen LogP contribution is 2.36. The number of pyridine rings is 1. The molecule has 2 aromatic carbocycles. The summed E-state index contributed by atoms with van der Waals surface area (Å²) in [6, 6.07) is 17.3. The van der Waals surface area contributed by atoms with Gasteiger partial charge in [-0.1, -0.05) is 24.3 Å². The van der Waals surface area contributed by atoms with Gasteiger partial charge in [0.1, 0.15) is 0 Å². The van der Waals surface area contributed by atoms with Crippen molar-refractivity contribution in [1.29, 1.82) is 0 Å². The number of hydrogen-bond donors (Lipinski definition) is 2. The Bertz CT molecular complexity index is 1200. The maximum absolute atomic E-state index is 12.8. The van der Waals surface area contributed by atoms with Crippen molar-refractivity contribution in [1.82, 2.24) is 14.9 Å². The van der Waals surface area contributed by atoms with Gasteiger partial charge in [-0.15, -0.1) is 12.4 Å². The number of piperidine rings is 1. The number of hydrogen-bond acceptors (Lipinski definition) is 3. The number of likely N-dealkylation sites (tertiary alicyclic amines) is 1. The Hall–Kier alpha value is -3.05. The first-order valence-corrected chi connectivity index (χ1v) is 9.71. The maximum Gasteiger partial charge on any atom is 0.253 e. The number of carbonyl (C=O) groups excluding carboxylic acids is 1. The molecule has 0 radical (unpaired) electrons. The normalized spacial score (nSPS) is 14.1. The molecule has 0 aliphatic carbocycles. The fourth-order valence-electron chi connectivity index (χ4n) is 4.06. The summed E-state index contributed by atoms with van der Waals surface area (Å²) >= 11 is 0. The Balaban J connectivity index is 0.00000205. The molecule has 148 valence electrons. The van der Waals surface area contributed by atoms with Gasteiger partial charge >= 0.3 is 0 Å². The summed E-state index contributed by atoms with van der Waals surface area (Å²) in [6.07, 6.45) is 3.37. The largest absolute Gasteiger partial charge is 0.494 e. The molecule has 0 spiro atoms. The number of carbonyl (C=O) groups is 1. The molecular weight excluding hydrogens is 386 g/mol. The van der Waals surface area contributed by atoms with Crippen LogP contribution >= 0.6 is 12.4 Å². The van der Waals surface area contributed by atoms with Crippen molar-refractivity contribution in [3.8, 4) is 17.1 Å². The van der Waals surface area contributed by atoms with E-state index in [9.17, 15) is 9.90 Å². The van der Waals surface area contributed by atoms with Gasteiger partial charge in [-0.05, 0) is 49.6 Å². The number of aromatic nitrogens is 2. The molecule has 4 aromatic rings. The van der Waals surface area contributed by atoms with Crippen LogP contribution in [0.5, 0.6) is 5.88 Å². The van der Waals surface area contributed by atoms with Gasteiger partial charge in [-0.3, -0.25) is 4.79 Å². The van der Waals surface area contributed by atoms with E-state index in [4.69, 9.17) is 4.98 Å². The zero-order valence-electron chi connectivity index (χ0n) is 15.9. The summed E-state index contributed by atoms with van der Waals surface area (Å²) in [5.41, 5.74) is 3.79. The number of fused-ring (bicyclic) bond motifs is 2. The molecule has 2 aromatic heterocycles. The second-order valence-corrected chi connectivity index (χ2v) is 7.35. The van der Waals surface area contributed by atoms with Crippen molar-refractivity contribution in [2.45, 2.75) is 19.3 Å². The fourth-order valence-corrected chi connectivity index (χ4v) is 4.06. The monoisotopic (exact) mass is 407 g/mol. The molecule has 6 heteroatoms. The third-order valence-electron chi connectivity index (χ3n) is 5.52. The molecule has 0 bridgehead atoms. The number of aromatic hydroxyl groups is 1. The second kappa shape index (κ2) is 7.76. The lowest BCUT2D eigenvalue weighted by Gasteiger charge is -2.26. The zero-order valence-corrected chi connectivity index (χ0v) is 16.7. The molecule has 1 aliphatic rings. The van der Waals surface area contributed by atoms with Crippen molar-refractivity contribution in [2.24, 2.45) is 0 Å². The van der Waals surface area contributed by atoms with Crippen LogP contribution in [0.4, 0.5) is 0 Å². The van der Waals surface area contributed by atoms with Crippen LogP contribution in [-0.2, 0) is 0 Å². The van der Waals surface area contributed by atoms with Crippen molar-refractivity contribution >= 4 is 40.1 Å². The number of H-pyrrole nitrogens is 1. The van der Waals surface area contributed by atoms with Gasteiger partial charge in [0.2, 0.25) is 0 Å². The van der Waals surface area contributed by atoms with E-state index in [2.05, 4.69) is 4.98 Å². The molecule has 1 aliphatic heterocycles. The van der Waals surface area contributed by atoms with Crippen LogP contribution in [0.25, 0.3) is 33.1 Å². The zero-order chi connectivity index (χ0) is 19.1. The summed E-state index contributed by atoms with van der Waals surface area (Å²) < 4.78 is 0. The van der Waals surface area contributed by atoms with E-state index in [0.717, 1.165) is 47.7 Å². The fraction of sp³-hybridized carbons (Fsp3) is 0.217. The van der Waals surface area contributed by atoms with Crippen molar-refractivity contribution in [3.05, 3.63) is 60.2 Å². The minimum atomic E-state index is 0. The van der Waals surface area contributed by atoms with Gasteiger partial charge in [0.05, 0.1) is 16.8 Å². The van der Waals surface area contributed by atoms with E-state index in [-0.39, 0.29) is 24.2 Å². The summed E-state index contributed by atoms with van der Waals surface area (Å²) in [5.74, 6) is 0.213. The van der Waals surface area contributed by atoms with Gasteiger partial charge < -0.3 is 15.0 Å². The Morgan fingerprint density at radius 2 is 1.79 bits per heavy atom. The lowest BCUT2D eigenvalue weighted by molar-refractivity contribution is 0.0724. The van der Waals surface area contributed by atoms with Crippen molar-refractivity contribution < 1.29 is 9.90 Å². The van der Waals surface area contributed by atoms with E-state index >= 15 is 0 Å². The number of nitrogens with one attached hydrogen (secondary N) is 1. The van der Waals surface area contributed by atoms with Crippen LogP contribution in [0.1, 0.15) is 29.6 Å². The quantitative estimate of drug-likeness (QED) is 0.483. The average molecular weight is 408 g/mol. The van der Waals surface area contributed by atoms with Crippen LogP contribution in [-0.4, -0.2) is 39.0 Å². The SMILES string of the molecule is Cl.O=C(c1ccc2nc(-c3c(O)[nH]c4ccccc34)ccc2c1)N1CCCCC1. The first-order valence-electron chi connectivity index (χ1n) is 9.71. The predicted molar refractivity (Wildman–Crippen MR) is 118 cm³/mol. The number of benzene rings is 2. The number of nitrogens with zero attached hydrogens (tertiary/aromatic N) is 2. The minimum absolute atomic E-state index is 0. The molecule has 5 rings (SSSR count). The number of halogens is 1. The third-order valence-corrected chi connectivity index (χ3v) is 5.52. The molecule has 3 heterocycles. The van der Waals surface area contributed by atoms with Gasteiger partial charge in [-0.25, -0.2) is 4.98 Å². The van der Waals surface area contributed by atoms with Gasteiger partial charge in [-0.2, -0.15) is 0 Å². The number of aromatic amines is 1. The molecule has 1 saturated heterocycles. The first kappa shape index (κ1) is 19.3. The third kappa shape index (κ3) is 3.42. The number of amides is 1. The smallest absolute Gasteiger partial charge is 0.253 e. The highest BCUT2D eigenvalue weighted by molar-refractivity contribution is 6.00. The molecule has 2 N–H and O–H groups in total. The highest BCUT2D eigenvalue weighted by atomic mass is 35.5. The minimum Gasteiger partial charge on any atom is -0.494 e. The van der Waals surface area contributed by atoms with E-state index in [1.54, 1.807) is 0 Å². The van der Waals surface area contributed by atoms with Gasteiger partial charge in [0, 0.05) is 34.9 Å². The van der Waals surface area contributed by atoms with Crippen LogP contribution in [0.2, 0.25) is 0 Å². The molecule has 1 fully saturated rings. The Morgan fingerprint density at radius 1 is 1.00 bits per heavy atom. The average Bonchev–Trinajstić information content (AvgIpc) is 3.08. The van der Waals surface area contributed by atoms with Crippen LogP contribution in [0.3, 0.4) is 0 Å². The van der Waals surface area contributed by atoms with Crippen molar-refractivity contribution in [3.63, 3.8) is 0 Å². The molecule has 29 heavy (non-hydrogen) atoms. The molecule has 1 amide bonds. The second-order valence-electron chi connectivity index (χ2n) is 7.35. The van der Waals surface area contributed by atoms with Crippen LogP contribution in [0, 0.1) is 0 Å². The van der Waals surface area contributed by atoms with Crippen LogP contribution < -0.4 is 0 Å². The maximum atomic E-state index is 12.8. The van der Waals surface area contributed by atoms with Gasteiger partial charge in [0.25, 0.3) is 5.91 Å². The Morgan fingerprint density at radius 3 is 2.62 bits per heavy atom. The molecule has 5 nitrogen and oxygen atoms in total. The molecule has 0 saturated carbocycles. The summed E-state index contributed by atoms with van der Waals surface area (Å²) in [6.45, 7) is 1.68. The highest BCUT2D eigenvalue weighted by Gasteiger charge is 2.19. The van der Waals surface area contributed by atoms with Crippen molar-refractivity contribution in [2.75, 3.05) is 13.1 Å². The van der Waals surface area contributed by atoms with E-state index in [0.29, 0.717) is 16.8 Å². The Labute approximate surface area is 174 Å². The number of para-hydroxylation sites is 1. The van der Waals surface area contributed by atoms with Gasteiger partial charge in [0.15, 0.2) is 5.88 Å². The summed E-state index contributed by atoms with van der Waals surface area (Å²) in [4.78, 5) is 22.4. The lowest BCUT2D eigenvalue weighted by atomic mass is 10.0. The Kier molecular flexibility index (Phi) is 5.16.